The molecule has 0 radical (unpaired) electrons. The molecule has 12 heteroatoms. The molecule has 2 atom stereocenters. The number of benzene rings is 1. The maximum absolute atomic E-state index is 14.6. The smallest absolute Gasteiger partial charge is 0.320 e. The zero-order valence-electron chi connectivity index (χ0n) is 27.2. The first-order valence-electron chi connectivity index (χ1n) is 17.1. The van der Waals surface area contributed by atoms with Crippen LogP contribution >= 0.6 is 10.0 Å². The average molecular weight is 668 g/mol. The molecule has 0 amide bonds. The second-order valence-corrected chi connectivity index (χ2v) is 18.6. The van der Waals surface area contributed by atoms with Crippen molar-refractivity contribution < 1.29 is 13.2 Å². The van der Waals surface area contributed by atoms with Crippen LogP contribution in [0.1, 0.15) is 74.4 Å². The number of alkyl halides is 3. The van der Waals surface area contributed by atoms with E-state index in [0.717, 1.165) is 49.6 Å². The lowest BCUT2D eigenvalue weighted by molar-refractivity contribution is -0.136. The second kappa shape index (κ2) is 11.5. The first-order valence-corrected chi connectivity index (χ1v) is 19.3. The fraction of sp³-hybridized carbons (Fsp3) is 0.571. The van der Waals surface area contributed by atoms with Crippen LogP contribution < -0.4 is 11.0 Å². The van der Waals surface area contributed by atoms with E-state index in [1.807, 2.05) is 29.8 Å². The highest BCUT2D eigenvalue weighted by atomic mass is 32.3. The van der Waals surface area contributed by atoms with Gasteiger partial charge in [0, 0.05) is 56.2 Å². The molecule has 1 aliphatic carbocycles. The molecule has 8 nitrogen and oxygen atoms in total. The van der Waals surface area contributed by atoms with Crippen LogP contribution in [-0.2, 0) is 25.2 Å². The van der Waals surface area contributed by atoms with Crippen LogP contribution in [0.2, 0.25) is 0 Å². The Morgan fingerprint density at radius 2 is 1.87 bits per heavy atom. The summed E-state index contributed by atoms with van der Waals surface area (Å²) in [5.41, 5.74) is 0.303. The molecule has 0 bridgehead atoms. The standard InChI is InChI=1S/C35H44F3N7OS/c1-24-16-34(17-24,32-41-40-22-42(32)2)26-8-7-9-27(15-26)44-20-30-28(35(36,37)38)14-25(19-45(30)33(44)46)18-43-11-10-29-31(21-43)47(23-39-29)12-5-3-4-6-13-47/h7-9,14-15,19-20,22,24,29,31,39H,3-6,10-13,16-18,21,23H2,1-2H3. The van der Waals surface area contributed by atoms with Gasteiger partial charge in [-0.3, -0.25) is 13.9 Å². The van der Waals surface area contributed by atoms with Crippen molar-refractivity contribution in [1.29, 1.82) is 0 Å². The van der Waals surface area contributed by atoms with Gasteiger partial charge in [0.1, 0.15) is 12.2 Å². The molecule has 4 aromatic rings. The fourth-order valence-corrected chi connectivity index (χ4v) is 14.1. The number of piperidine rings is 1. The van der Waals surface area contributed by atoms with Gasteiger partial charge in [-0.05, 0) is 78.9 Å². The molecule has 6 heterocycles. The first-order chi connectivity index (χ1) is 22.6. The maximum Gasteiger partial charge on any atom is 0.418 e. The summed E-state index contributed by atoms with van der Waals surface area (Å²) in [7, 11) is 1.17. The van der Waals surface area contributed by atoms with Crippen molar-refractivity contribution in [3.8, 4) is 5.69 Å². The van der Waals surface area contributed by atoms with Crippen LogP contribution in [0.15, 0.2) is 53.8 Å². The summed E-state index contributed by atoms with van der Waals surface area (Å²) in [6.45, 7) is 4.37. The third-order valence-corrected chi connectivity index (χ3v) is 16.2. The lowest BCUT2D eigenvalue weighted by atomic mass is 9.58. The fourth-order valence-electron chi connectivity index (χ4n) is 9.28. The highest BCUT2D eigenvalue weighted by Crippen LogP contribution is 2.60. The van der Waals surface area contributed by atoms with Crippen molar-refractivity contribution in [2.45, 2.75) is 81.3 Å². The highest BCUT2D eigenvalue weighted by Gasteiger charge is 2.49. The Labute approximate surface area is 274 Å². The molecule has 1 spiro atoms. The summed E-state index contributed by atoms with van der Waals surface area (Å²) in [6, 6.07) is 9.41. The van der Waals surface area contributed by atoms with E-state index in [1.54, 1.807) is 18.6 Å². The molecule has 8 rings (SSSR count). The predicted octanol–water partition coefficient (Wildman–Crippen LogP) is 5.84. The number of rotatable bonds is 5. The predicted molar refractivity (Wildman–Crippen MR) is 179 cm³/mol. The third-order valence-electron chi connectivity index (χ3n) is 11.5. The molecule has 4 fully saturated rings. The van der Waals surface area contributed by atoms with E-state index in [4.69, 9.17) is 0 Å². The van der Waals surface area contributed by atoms with E-state index in [1.165, 1.54) is 58.4 Å². The van der Waals surface area contributed by atoms with E-state index in [9.17, 15) is 18.0 Å². The van der Waals surface area contributed by atoms with Crippen molar-refractivity contribution in [3.05, 3.63) is 82.1 Å². The van der Waals surface area contributed by atoms with Gasteiger partial charge in [-0.2, -0.15) is 13.2 Å². The Hall–Kier alpha value is -3.09. The first kappa shape index (κ1) is 31.2. The molecule has 3 saturated heterocycles. The Balaban J connectivity index is 1.13. The minimum absolute atomic E-state index is 0.127. The number of halogens is 3. The number of aryl methyl sites for hydroxylation is 1. The summed E-state index contributed by atoms with van der Waals surface area (Å²) in [4.78, 5) is 16.3. The number of fused-ring (bicyclic) bond motifs is 3. The lowest BCUT2D eigenvalue weighted by Gasteiger charge is -2.46. The molecule has 3 aromatic heterocycles. The van der Waals surface area contributed by atoms with E-state index in [-0.39, 0.29) is 10.9 Å². The lowest BCUT2D eigenvalue weighted by Crippen LogP contribution is -2.48. The number of hydrogen-bond acceptors (Lipinski definition) is 5. The highest BCUT2D eigenvalue weighted by molar-refractivity contribution is 8.34. The van der Waals surface area contributed by atoms with E-state index in [0.29, 0.717) is 35.0 Å². The Bertz CT molecular complexity index is 1850. The quantitative estimate of drug-likeness (QED) is 0.290. The number of nitrogens with one attached hydrogen (secondary N) is 1. The van der Waals surface area contributed by atoms with Gasteiger partial charge in [0.25, 0.3) is 0 Å². The molecule has 47 heavy (non-hydrogen) atoms. The molecule has 1 saturated carbocycles. The van der Waals surface area contributed by atoms with Gasteiger partial charge in [0.15, 0.2) is 0 Å². The minimum atomic E-state index is -4.60. The normalized spacial score (nSPS) is 28.7. The second-order valence-electron chi connectivity index (χ2n) is 14.7. The maximum atomic E-state index is 14.6. The van der Waals surface area contributed by atoms with Gasteiger partial charge in [0.2, 0.25) is 0 Å². The zero-order chi connectivity index (χ0) is 32.6. The molecule has 1 N–H and O–H groups in total. The van der Waals surface area contributed by atoms with Crippen LogP contribution in [0.25, 0.3) is 11.2 Å². The number of likely N-dealkylation sites (tertiary alicyclic amines) is 1. The monoisotopic (exact) mass is 667 g/mol. The van der Waals surface area contributed by atoms with E-state index < -0.39 is 27.5 Å². The van der Waals surface area contributed by atoms with Crippen LogP contribution in [0.5, 0.6) is 0 Å². The van der Waals surface area contributed by atoms with Gasteiger partial charge in [-0.1, -0.05) is 31.9 Å². The van der Waals surface area contributed by atoms with Crippen LogP contribution in [0.3, 0.4) is 0 Å². The van der Waals surface area contributed by atoms with Crippen molar-refractivity contribution in [2.24, 2.45) is 13.0 Å². The van der Waals surface area contributed by atoms with E-state index in [2.05, 4.69) is 27.3 Å². The van der Waals surface area contributed by atoms with Gasteiger partial charge < -0.3 is 9.88 Å². The summed E-state index contributed by atoms with van der Waals surface area (Å²) in [5.74, 6) is 5.14. The molecular weight excluding hydrogens is 623 g/mol. The Kier molecular flexibility index (Phi) is 7.64. The summed E-state index contributed by atoms with van der Waals surface area (Å²) >= 11 is 0. The molecule has 4 aliphatic rings. The molecule has 2 unspecified atom stereocenters. The molecule has 252 valence electrons. The number of hydrogen-bond donors (Lipinski definition) is 1. The van der Waals surface area contributed by atoms with Gasteiger partial charge in [-0.25, -0.2) is 14.8 Å². The summed E-state index contributed by atoms with van der Waals surface area (Å²) in [6.07, 6.45) is 8.09. The minimum Gasteiger partial charge on any atom is -0.320 e. The van der Waals surface area contributed by atoms with Crippen molar-refractivity contribution in [2.75, 3.05) is 30.5 Å². The largest absolute Gasteiger partial charge is 0.418 e. The van der Waals surface area contributed by atoms with Gasteiger partial charge in [-0.15, -0.1) is 10.2 Å². The van der Waals surface area contributed by atoms with Crippen molar-refractivity contribution in [3.63, 3.8) is 0 Å². The van der Waals surface area contributed by atoms with E-state index >= 15 is 0 Å². The van der Waals surface area contributed by atoms with Crippen molar-refractivity contribution >= 4 is 15.5 Å². The number of aromatic nitrogens is 5. The Morgan fingerprint density at radius 1 is 1.09 bits per heavy atom. The summed E-state index contributed by atoms with van der Waals surface area (Å²) < 4.78 is 48.4. The zero-order valence-corrected chi connectivity index (χ0v) is 28.0. The van der Waals surface area contributed by atoms with Crippen LogP contribution in [0, 0.1) is 5.92 Å². The topological polar surface area (TPSA) is 72.4 Å². The van der Waals surface area contributed by atoms with Gasteiger partial charge in [0.05, 0.1) is 22.2 Å². The van der Waals surface area contributed by atoms with Gasteiger partial charge >= 0.3 is 11.9 Å². The molecular formula is C35H44F3N7OS. The van der Waals surface area contributed by atoms with Crippen LogP contribution in [-0.4, -0.2) is 70.4 Å². The number of nitrogens with zero attached hydrogens (tertiary/aromatic N) is 6. The molecule has 3 aliphatic heterocycles. The van der Waals surface area contributed by atoms with Crippen molar-refractivity contribution in [1.82, 2.24) is 33.9 Å². The molecule has 1 aromatic carbocycles. The van der Waals surface area contributed by atoms with Crippen LogP contribution in [0.4, 0.5) is 13.2 Å². The third kappa shape index (κ3) is 5.25. The number of pyridine rings is 1. The Morgan fingerprint density at radius 3 is 2.57 bits per heavy atom. The SMILES string of the molecule is CC1CC(c2cccc(-n3cc4c(C(F)(F)F)cc(CN5CCC6NCS7(CCCCCC7)C6C5)cn4c3=O)c2)(c2nncn2C)C1. The number of imidazole rings is 1. The summed E-state index contributed by atoms with van der Waals surface area (Å²) in [5, 5.41) is 13.0. The average Bonchev–Trinajstić information content (AvgIpc) is 3.65.